The third-order valence-electron chi connectivity index (χ3n) is 5.71. The van der Waals surface area contributed by atoms with Crippen LogP contribution in [0.25, 0.3) is 0 Å². The molecule has 4 nitrogen and oxygen atoms in total. The number of carbonyl (C=O) groups excluding carboxylic acids is 3. The van der Waals surface area contributed by atoms with Gasteiger partial charge in [-0.15, -0.1) is 0 Å². The van der Waals surface area contributed by atoms with Crippen molar-refractivity contribution in [1.29, 1.82) is 0 Å². The summed E-state index contributed by atoms with van der Waals surface area (Å²) in [6, 6.07) is 0. The average molecular weight is 305 g/mol. The van der Waals surface area contributed by atoms with Gasteiger partial charge in [0.1, 0.15) is 5.78 Å². The Morgan fingerprint density at radius 1 is 1.09 bits per heavy atom. The zero-order valence-corrected chi connectivity index (χ0v) is 13.9. The van der Waals surface area contributed by atoms with E-state index in [-0.39, 0.29) is 23.1 Å². The topological polar surface area (TPSA) is 54.5 Å². The largest absolute Gasteiger partial charge is 0.299 e. The van der Waals surface area contributed by atoms with Gasteiger partial charge in [0, 0.05) is 30.0 Å². The van der Waals surface area contributed by atoms with E-state index in [1.165, 1.54) is 17.1 Å². The molecule has 1 saturated carbocycles. The second-order valence-electron chi connectivity index (χ2n) is 6.97. The van der Waals surface area contributed by atoms with Gasteiger partial charge < -0.3 is 0 Å². The molecule has 2 amide bonds. The summed E-state index contributed by atoms with van der Waals surface area (Å²) in [5, 5.41) is 0. The minimum Gasteiger partial charge on any atom is -0.299 e. The monoisotopic (exact) mass is 305 g/mol. The van der Waals surface area contributed by atoms with E-state index >= 15 is 0 Å². The minimum atomic E-state index is -0.201. The van der Waals surface area contributed by atoms with E-state index in [4.69, 9.17) is 0 Å². The molecule has 0 bridgehead atoms. The van der Waals surface area contributed by atoms with Crippen molar-refractivity contribution in [3.63, 3.8) is 0 Å². The fraction of sp³-hybridized carbons (Fsp3) is 0.722. The summed E-state index contributed by atoms with van der Waals surface area (Å²) in [6.07, 6.45) is 8.10. The van der Waals surface area contributed by atoms with Crippen molar-refractivity contribution in [2.24, 2.45) is 17.3 Å². The van der Waals surface area contributed by atoms with Crippen LogP contribution in [0.1, 0.15) is 59.3 Å². The number of ketones is 1. The van der Waals surface area contributed by atoms with Gasteiger partial charge in [0.15, 0.2) is 0 Å². The third-order valence-corrected chi connectivity index (χ3v) is 5.71. The minimum absolute atomic E-state index is 0.157. The van der Waals surface area contributed by atoms with Crippen molar-refractivity contribution >= 4 is 17.6 Å². The number of carbonyl (C=O) groups is 3. The van der Waals surface area contributed by atoms with Crippen LogP contribution in [0.3, 0.4) is 0 Å². The molecule has 0 radical (unpaired) electrons. The van der Waals surface area contributed by atoms with Crippen LogP contribution in [-0.2, 0) is 14.4 Å². The Balaban J connectivity index is 1.87. The molecule has 1 heterocycles. The molecule has 0 saturated heterocycles. The lowest BCUT2D eigenvalue weighted by Crippen LogP contribution is -2.38. The fourth-order valence-corrected chi connectivity index (χ4v) is 3.57. The molecular formula is C18H27NO3. The standard InChI is InChI=1S/C18H27NO3/c1-4-18(3,5-2)17(22)14-8-6-13(7-9-14)12-19-15(20)10-11-16(19)21/h10-11,13-14H,4-9,12H2,1-3H3. The van der Waals surface area contributed by atoms with Crippen molar-refractivity contribution in [1.82, 2.24) is 4.90 Å². The summed E-state index contributed by atoms with van der Waals surface area (Å²) >= 11 is 0. The lowest BCUT2D eigenvalue weighted by Gasteiger charge is -2.35. The molecule has 122 valence electrons. The molecule has 0 N–H and O–H groups in total. The van der Waals surface area contributed by atoms with E-state index in [0.29, 0.717) is 18.2 Å². The molecule has 0 atom stereocenters. The van der Waals surface area contributed by atoms with E-state index in [2.05, 4.69) is 20.8 Å². The highest BCUT2D eigenvalue weighted by atomic mass is 16.2. The first-order valence-corrected chi connectivity index (χ1v) is 8.49. The summed E-state index contributed by atoms with van der Waals surface area (Å²) in [5.41, 5.74) is -0.192. The molecule has 1 fully saturated rings. The van der Waals surface area contributed by atoms with Crippen molar-refractivity contribution in [3.8, 4) is 0 Å². The first-order valence-electron chi connectivity index (χ1n) is 8.49. The van der Waals surface area contributed by atoms with Gasteiger partial charge >= 0.3 is 0 Å². The van der Waals surface area contributed by atoms with Gasteiger partial charge in [-0.3, -0.25) is 19.3 Å². The molecule has 4 heteroatoms. The Morgan fingerprint density at radius 3 is 2.05 bits per heavy atom. The SMILES string of the molecule is CCC(C)(CC)C(=O)C1CCC(CN2C(=O)C=CC2=O)CC1. The van der Waals surface area contributed by atoms with Crippen LogP contribution < -0.4 is 0 Å². The zero-order valence-electron chi connectivity index (χ0n) is 13.9. The maximum Gasteiger partial charge on any atom is 0.253 e. The quantitative estimate of drug-likeness (QED) is 0.708. The molecule has 0 aromatic heterocycles. The predicted molar refractivity (Wildman–Crippen MR) is 85.0 cm³/mol. The predicted octanol–water partition coefficient (Wildman–Crippen LogP) is 3.11. The molecule has 2 rings (SSSR count). The molecule has 0 aromatic rings. The van der Waals surface area contributed by atoms with Crippen molar-refractivity contribution in [3.05, 3.63) is 12.2 Å². The smallest absolute Gasteiger partial charge is 0.253 e. The van der Waals surface area contributed by atoms with Crippen LogP contribution >= 0.6 is 0 Å². The number of rotatable bonds is 6. The van der Waals surface area contributed by atoms with Crippen LogP contribution in [0.15, 0.2) is 12.2 Å². The lowest BCUT2D eigenvalue weighted by molar-refractivity contribution is -0.139. The van der Waals surface area contributed by atoms with Gasteiger partial charge in [-0.1, -0.05) is 20.8 Å². The van der Waals surface area contributed by atoms with E-state index in [1.807, 2.05) is 0 Å². The first-order chi connectivity index (χ1) is 10.4. The Kier molecular flexibility index (Phi) is 5.20. The molecular weight excluding hydrogens is 278 g/mol. The van der Waals surface area contributed by atoms with Crippen LogP contribution in [0.2, 0.25) is 0 Å². The number of imide groups is 1. The highest BCUT2D eigenvalue weighted by Gasteiger charge is 2.37. The maximum atomic E-state index is 12.7. The lowest BCUT2D eigenvalue weighted by atomic mass is 9.70. The Morgan fingerprint density at radius 2 is 1.59 bits per heavy atom. The number of nitrogens with zero attached hydrogens (tertiary/aromatic N) is 1. The normalized spacial score (nSPS) is 25.9. The zero-order chi connectivity index (χ0) is 16.3. The molecule has 0 unspecified atom stereocenters. The molecule has 1 aliphatic heterocycles. The maximum absolute atomic E-state index is 12.7. The van der Waals surface area contributed by atoms with Gasteiger partial charge in [0.25, 0.3) is 11.8 Å². The Hall–Kier alpha value is -1.45. The fourth-order valence-electron chi connectivity index (χ4n) is 3.57. The summed E-state index contributed by atoms with van der Waals surface area (Å²) in [4.78, 5) is 37.2. The average Bonchev–Trinajstić information content (AvgIpc) is 2.86. The number of hydrogen-bond donors (Lipinski definition) is 0. The summed E-state index contributed by atoms with van der Waals surface area (Å²) in [6.45, 7) is 6.76. The Bertz CT molecular complexity index is 465. The van der Waals surface area contributed by atoms with Crippen LogP contribution in [-0.4, -0.2) is 29.0 Å². The summed E-state index contributed by atoms with van der Waals surface area (Å²) in [7, 11) is 0. The van der Waals surface area contributed by atoms with E-state index in [0.717, 1.165) is 38.5 Å². The molecule has 22 heavy (non-hydrogen) atoms. The van der Waals surface area contributed by atoms with Crippen LogP contribution in [0.4, 0.5) is 0 Å². The van der Waals surface area contributed by atoms with Crippen molar-refractivity contribution in [2.45, 2.75) is 59.3 Å². The van der Waals surface area contributed by atoms with E-state index in [1.54, 1.807) is 0 Å². The van der Waals surface area contributed by atoms with Crippen LogP contribution in [0, 0.1) is 17.3 Å². The van der Waals surface area contributed by atoms with E-state index < -0.39 is 0 Å². The van der Waals surface area contributed by atoms with Gasteiger partial charge in [0.2, 0.25) is 0 Å². The highest BCUT2D eigenvalue weighted by molar-refractivity contribution is 6.12. The van der Waals surface area contributed by atoms with E-state index in [9.17, 15) is 14.4 Å². The summed E-state index contributed by atoms with van der Waals surface area (Å²) < 4.78 is 0. The summed E-state index contributed by atoms with van der Waals surface area (Å²) in [5.74, 6) is 0.502. The van der Waals surface area contributed by atoms with Gasteiger partial charge in [-0.2, -0.15) is 0 Å². The number of Topliss-reactive ketones (excluding diaryl/α,β-unsaturated/α-hetero) is 1. The van der Waals surface area contributed by atoms with Crippen molar-refractivity contribution in [2.75, 3.05) is 6.54 Å². The molecule has 0 spiro atoms. The molecule has 1 aliphatic carbocycles. The Labute approximate surface area is 132 Å². The van der Waals surface area contributed by atoms with Crippen LogP contribution in [0.5, 0.6) is 0 Å². The van der Waals surface area contributed by atoms with Gasteiger partial charge in [-0.25, -0.2) is 0 Å². The second-order valence-corrected chi connectivity index (χ2v) is 6.97. The number of amides is 2. The number of hydrogen-bond acceptors (Lipinski definition) is 3. The van der Waals surface area contributed by atoms with Gasteiger partial charge in [0.05, 0.1) is 0 Å². The molecule has 0 aromatic carbocycles. The highest BCUT2D eigenvalue weighted by Crippen LogP contribution is 2.37. The second kappa shape index (κ2) is 6.76. The molecule has 2 aliphatic rings. The van der Waals surface area contributed by atoms with Crippen molar-refractivity contribution < 1.29 is 14.4 Å². The first kappa shape index (κ1) is 16.9. The third kappa shape index (κ3) is 3.31. The van der Waals surface area contributed by atoms with Gasteiger partial charge in [-0.05, 0) is 44.4 Å².